The Labute approximate surface area is 96.8 Å². The summed E-state index contributed by atoms with van der Waals surface area (Å²) in [5, 5.41) is 3.33. The highest BCUT2D eigenvalue weighted by molar-refractivity contribution is 5.31. The van der Waals surface area contributed by atoms with Crippen LogP contribution in [0.1, 0.15) is 13.3 Å². The molecule has 0 unspecified atom stereocenters. The molecule has 1 fully saturated rings. The van der Waals surface area contributed by atoms with Crippen LogP contribution in [-0.2, 0) is 0 Å². The lowest BCUT2D eigenvalue weighted by Gasteiger charge is -2.11. The molecule has 3 heteroatoms. The van der Waals surface area contributed by atoms with Crippen LogP contribution in [0.15, 0.2) is 24.3 Å². The molecule has 3 nitrogen and oxygen atoms in total. The smallest absolute Gasteiger partial charge is 0.119 e. The van der Waals surface area contributed by atoms with Crippen molar-refractivity contribution in [3.8, 4) is 11.5 Å². The van der Waals surface area contributed by atoms with E-state index in [9.17, 15) is 0 Å². The van der Waals surface area contributed by atoms with Gasteiger partial charge in [0, 0.05) is 12.5 Å². The Hall–Kier alpha value is -1.22. The van der Waals surface area contributed by atoms with Crippen LogP contribution < -0.4 is 14.8 Å². The SMILES string of the molecule is CCOc1ccc(OC[C@H]2CCNC2)cc1. The first-order valence-corrected chi connectivity index (χ1v) is 5.95. The standard InChI is InChI=1S/C13H19NO2/c1-2-15-12-3-5-13(6-4-12)16-10-11-7-8-14-9-11/h3-6,11,14H,2,7-10H2,1H3/t11-/m0/s1. The van der Waals surface area contributed by atoms with Crippen LogP contribution in [0.2, 0.25) is 0 Å². The first kappa shape index (κ1) is 11.3. The van der Waals surface area contributed by atoms with Gasteiger partial charge >= 0.3 is 0 Å². The maximum atomic E-state index is 5.73. The predicted octanol–water partition coefficient (Wildman–Crippen LogP) is 2.07. The molecule has 1 aromatic rings. The molecule has 1 heterocycles. The van der Waals surface area contributed by atoms with Gasteiger partial charge in [0.05, 0.1) is 13.2 Å². The van der Waals surface area contributed by atoms with E-state index in [4.69, 9.17) is 9.47 Å². The number of hydrogen-bond acceptors (Lipinski definition) is 3. The van der Waals surface area contributed by atoms with Gasteiger partial charge in [-0.15, -0.1) is 0 Å². The van der Waals surface area contributed by atoms with Crippen LogP contribution in [0.3, 0.4) is 0 Å². The van der Waals surface area contributed by atoms with E-state index < -0.39 is 0 Å². The fraction of sp³-hybridized carbons (Fsp3) is 0.538. The van der Waals surface area contributed by atoms with Gasteiger partial charge in [-0.25, -0.2) is 0 Å². The van der Waals surface area contributed by atoms with E-state index in [1.807, 2.05) is 31.2 Å². The Balaban J connectivity index is 1.80. The van der Waals surface area contributed by atoms with Gasteiger partial charge in [0.25, 0.3) is 0 Å². The van der Waals surface area contributed by atoms with E-state index in [1.165, 1.54) is 6.42 Å². The first-order chi connectivity index (χ1) is 7.88. The van der Waals surface area contributed by atoms with Crippen molar-refractivity contribution in [2.24, 2.45) is 5.92 Å². The quantitative estimate of drug-likeness (QED) is 0.825. The summed E-state index contributed by atoms with van der Waals surface area (Å²) >= 11 is 0. The van der Waals surface area contributed by atoms with E-state index in [0.717, 1.165) is 31.2 Å². The van der Waals surface area contributed by atoms with Crippen molar-refractivity contribution >= 4 is 0 Å². The normalized spacial score (nSPS) is 19.7. The Morgan fingerprint density at radius 1 is 1.19 bits per heavy atom. The van der Waals surface area contributed by atoms with Gasteiger partial charge in [-0.2, -0.15) is 0 Å². The average molecular weight is 221 g/mol. The minimum atomic E-state index is 0.659. The Morgan fingerprint density at radius 3 is 2.44 bits per heavy atom. The molecule has 0 spiro atoms. The third-order valence-corrected chi connectivity index (χ3v) is 2.78. The molecule has 1 atom stereocenters. The van der Waals surface area contributed by atoms with E-state index in [0.29, 0.717) is 12.5 Å². The number of benzene rings is 1. The molecular formula is C13H19NO2. The van der Waals surface area contributed by atoms with E-state index in [1.54, 1.807) is 0 Å². The van der Waals surface area contributed by atoms with Crippen LogP contribution in [0.5, 0.6) is 11.5 Å². The maximum Gasteiger partial charge on any atom is 0.119 e. The number of ether oxygens (including phenoxy) is 2. The molecule has 1 saturated heterocycles. The zero-order chi connectivity index (χ0) is 11.2. The highest BCUT2D eigenvalue weighted by Crippen LogP contribution is 2.19. The molecule has 0 amide bonds. The second-order valence-electron chi connectivity index (χ2n) is 4.07. The summed E-state index contributed by atoms with van der Waals surface area (Å²) in [6, 6.07) is 7.83. The van der Waals surface area contributed by atoms with Gasteiger partial charge < -0.3 is 14.8 Å². The summed E-state index contributed by atoms with van der Waals surface area (Å²) in [5.74, 6) is 2.49. The molecule has 1 aliphatic heterocycles. The van der Waals surface area contributed by atoms with Crippen molar-refractivity contribution in [2.75, 3.05) is 26.3 Å². The molecule has 1 aliphatic rings. The molecule has 0 radical (unpaired) electrons. The summed E-state index contributed by atoms with van der Waals surface area (Å²) in [6.07, 6.45) is 1.22. The molecule has 2 rings (SSSR count). The van der Waals surface area contributed by atoms with Crippen molar-refractivity contribution in [3.05, 3.63) is 24.3 Å². The highest BCUT2D eigenvalue weighted by Gasteiger charge is 2.14. The summed E-state index contributed by atoms with van der Waals surface area (Å²) in [7, 11) is 0. The van der Waals surface area contributed by atoms with Gasteiger partial charge in [0.1, 0.15) is 11.5 Å². The van der Waals surface area contributed by atoms with Gasteiger partial charge in [-0.05, 0) is 44.2 Å². The largest absolute Gasteiger partial charge is 0.494 e. The second kappa shape index (κ2) is 5.75. The lowest BCUT2D eigenvalue weighted by Crippen LogP contribution is -2.15. The first-order valence-electron chi connectivity index (χ1n) is 5.95. The van der Waals surface area contributed by atoms with Crippen LogP contribution in [0, 0.1) is 5.92 Å². The van der Waals surface area contributed by atoms with Crippen molar-refractivity contribution < 1.29 is 9.47 Å². The maximum absolute atomic E-state index is 5.73. The molecule has 0 saturated carbocycles. The molecule has 16 heavy (non-hydrogen) atoms. The average Bonchev–Trinajstić information content (AvgIpc) is 2.82. The third kappa shape index (κ3) is 3.14. The molecule has 1 aromatic carbocycles. The zero-order valence-electron chi connectivity index (χ0n) is 9.74. The molecule has 88 valence electrons. The van der Waals surface area contributed by atoms with E-state index >= 15 is 0 Å². The van der Waals surface area contributed by atoms with Crippen molar-refractivity contribution in [1.82, 2.24) is 5.32 Å². The van der Waals surface area contributed by atoms with Crippen molar-refractivity contribution in [2.45, 2.75) is 13.3 Å². The molecule has 0 aliphatic carbocycles. The molecule has 0 aromatic heterocycles. The monoisotopic (exact) mass is 221 g/mol. The number of hydrogen-bond donors (Lipinski definition) is 1. The zero-order valence-corrected chi connectivity index (χ0v) is 9.74. The Bertz CT molecular complexity index is 304. The predicted molar refractivity (Wildman–Crippen MR) is 64.1 cm³/mol. The van der Waals surface area contributed by atoms with Gasteiger partial charge in [-0.1, -0.05) is 0 Å². The summed E-state index contributed by atoms with van der Waals surface area (Å²) in [5.41, 5.74) is 0. The van der Waals surface area contributed by atoms with Crippen LogP contribution in [-0.4, -0.2) is 26.3 Å². The van der Waals surface area contributed by atoms with Crippen molar-refractivity contribution in [3.63, 3.8) is 0 Å². The second-order valence-corrected chi connectivity index (χ2v) is 4.07. The summed E-state index contributed by atoms with van der Waals surface area (Å²) < 4.78 is 11.1. The fourth-order valence-electron chi connectivity index (χ4n) is 1.87. The third-order valence-electron chi connectivity index (χ3n) is 2.78. The topological polar surface area (TPSA) is 30.5 Å². The minimum absolute atomic E-state index is 0.659. The molecule has 1 N–H and O–H groups in total. The van der Waals surface area contributed by atoms with E-state index in [-0.39, 0.29) is 0 Å². The summed E-state index contributed by atoms with van der Waals surface area (Å²) in [4.78, 5) is 0. The van der Waals surface area contributed by atoms with Gasteiger partial charge in [0.15, 0.2) is 0 Å². The molecule has 0 bridgehead atoms. The van der Waals surface area contributed by atoms with Gasteiger partial charge in [0.2, 0.25) is 0 Å². The fourth-order valence-corrected chi connectivity index (χ4v) is 1.87. The van der Waals surface area contributed by atoms with Crippen molar-refractivity contribution in [1.29, 1.82) is 0 Å². The van der Waals surface area contributed by atoms with Gasteiger partial charge in [-0.3, -0.25) is 0 Å². The summed E-state index contributed by atoms with van der Waals surface area (Å²) in [6.45, 7) is 5.70. The minimum Gasteiger partial charge on any atom is -0.494 e. The molecular weight excluding hydrogens is 202 g/mol. The highest BCUT2D eigenvalue weighted by atomic mass is 16.5. The van der Waals surface area contributed by atoms with Crippen LogP contribution in [0.4, 0.5) is 0 Å². The lowest BCUT2D eigenvalue weighted by molar-refractivity contribution is 0.259. The Morgan fingerprint density at radius 2 is 1.88 bits per heavy atom. The number of nitrogens with one attached hydrogen (secondary N) is 1. The van der Waals surface area contributed by atoms with Crippen LogP contribution in [0.25, 0.3) is 0 Å². The van der Waals surface area contributed by atoms with E-state index in [2.05, 4.69) is 5.32 Å². The number of rotatable bonds is 5. The lowest BCUT2D eigenvalue weighted by atomic mass is 10.1. The van der Waals surface area contributed by atoms with Crippen LogP contribution >= 0.6 is 0 Å². The Kier molecular flexibility index (Phi) is 4.05.